The summed E-state index contributed by atoms with van der Waals surface area (Å²) >= 11 is 2.07. The molecule has 0 amide bonds. The molecule has 0 bridgehead atoms. The molecule has 0 aromatic carbocycles. The summed E-state index contributed by atoms with van der Waals surface area (Å²) < 4.78 is 36.5. The number of hydrogen-bond acceptors (Lipinski definition) is 8. The van der Waals surface area contributed by atoms with E-state index in [1.807, 2.05) is 0 Å². The Morgan fingerprint density at radius 3 is 1.18 bits per heavy atom. The van der Waals surface area contributed by atoms with Crippen molar-refractivity contribution in [2.24, 2.45) is 0 Å². The zero-order valence-electron chi connectivity index (χ0n) is 13.1. The van der Waals surface area contributed by atoms with Crippen LogP contribution in [0.5, 0.6) is 0 Å². The van der Waals surface area contributed by atoms with Gasteiger partial charge < -0.3 is 32.6 Å². The highest BCUT2D eigenvalue weighted by molar-refractivity contribution is 14.2. The van der Waals surface area contributed by atoms with E-state index in [-0.39, 0.29) is 0 Å². The molecule has 0 radical (unpaired) electrons. The standard InChI is InChI=1S/C13H27IO7S/c1-15-2-3-16-4-5-17-6-7-18-8-9-19-10-11-20-12-13-21-22-14/h2-13H2,1H3. The minimum atomic E-state index is 0.558. The maximum Gasteiger partial charge on any atom is 0.0857 e. The monoisotopic (exact) mass is 454 g/mol. The third-order valence-corrected chi connectivity index (χ3v) is 3.29. The molecular weight excluding hydrogens is 427 g/mol. The van der Waals surface area contributed by atoms with Crippen molar-refractivity contribution in [3.63, 3.8) is 0 Å². The van der Waals surface area contributed by atoms with Gasteiger partial charge in [0.15, 0.2) is 0 Å². The fraction of sp³-hybridized carbons (Fsp3) is 1.00. The highest BCUT2D eigenvalue weighted by Crippen LogP contribution is 2.10. The molecule has 0 saturated heterocycles. The second-order valence-electron chi connectivity index (χ2n) is 3.94. The Labute approximate surface area is 149 Å². The van der Waals surface area contributed by atoms with Crippen LogP contribution in [-0.2, 0) is 32.6 Å². The van der Waals surface area contributed by atoms with Crippen LogP contribution in [0, 0.1) is 0 Å². The Balaban J connectivity index is 2.91. The van der Waals surface area contributed by atoms with Crippen LogP contribution < -0.4 is 0 Å². The van der Waals surface area contributed by atoms with E-state index in [0.717, 1.165) is 0 Å². The van der Waals surface area contributed by atoms with E-state index in [4.69, 9.17) is 32.6 Å². The van der Waals surface area contributed by atoms with Crippen LogP contribution in [0.1, 0.15) is 0 Å². The molecule has 0 spiro atoms. The number of ether oxygens (including phenoxy) is 6. The molecule has 0 fully saturated rings. The Bertz CT molecular complexity index is 183. The van der Waals surface area contributed by atoms with E-state index in [0.29, 0.717) is 79.3 Å². The van der Waals surface area contributed by atoms with Gasteiger partial charge in [0.2, 0.25) is 0 Å². The maximum atomic E-state index is 5.36. The van der Waals surface area contributed by atoms with Gasteiger partial charge in [-0.25, -0.2) is 0 Å². The van der Waals surface area contributed by atoms with Gasteiger partial charge in [-0.05, 0) is 0 Å². The molecule has 0 atom stereocenters. The van der Waals surface area contributed by atoms with Gasteiger partial charge in [0, 0.05) is 28.3 Å². The normalized spacial score (nSPS) is 11.2. The van der Waals surface area contributed by atoms with Gasteiger partial charge >= 0.3 is 0 Å². The highest BCUT2D eigenvalue weighted by Gasteiger charge is 1.93. The van der Waals surface area contributed by atoms with Crippen molar-refractivity contribution in [1.82, 2.24) is 0 Å². The van der Waals surface area contributed by atoms with Crippen LogP contribution >= 0.6 is 30.4 Å². The molecule has 0 heterocycles. The van der Waals surface area contributed by atoms with E-state index in [1.54, 1.807) is 7.11 Å². The summed E-state index contributed by atoms with van der Waals surface area (Å²) in [5.41, 5.74) is 0. The molecule has 7 nitrogen and oxygen atoms in total. The Morgan fingerprint density at radius 1 is 0.545 bits per heavy atom. The van der Waals surface area contributed by atoms with Crippen LogP contribution in [0.4, 0.5) is 0 Å². The lowest BCUT2D eigenvalue weighted by Crippen LogP contribution is -2.14. The van der Waals surface area contributed by atoms with E-state index in [2.05, 4.69) is 21.2 Å². The first-order chi connectivity index (χ1) is 10.9. The summed E-state index contributed by atoms with van der Waals surface area (Å²) in [6, 6.07) is 0. The molecule has 9 heteroatoms. The largest absolute Gasteiger partial charge is 0.382 e. The van der Waals surface area contributed by atoms with Crippen molar-refractivity contribution >= 4 is 30.4 Å². The molecule has 0 aromatic rings. The van der Waals surface area contributed by atoms with Crippen molar-refractivity contribution in [3.8, 4) is 0 Å². The summed E-state index contributed by atoms with van der Waals surface area (Å²) in [4.78, 5) is 0. The van der Waals surface area contributed by atoms with Gasteiger partial charge in [0.25, 0.3) is 0 Å². The van der Waals surface area contributed by atoms with Crippen LogP contribution in [0.25, 0.3) is 0 Å². The fourth-order valence-corrected chi connectivity index (χ4v) is 1.92. The van der Waals surface area contributed by atoms with Crippen molar-refractivity contribution in [3.05, 3.63) is 0 Å². The lowest BCUT2D eigenvalue weighted by atomic mass is 10.7. The predicted molar refractivity (Wildman–Crippen MR) is 93.5 cm³/mol. The van der Waals surface area contributed by atoms with Crippen LogP contribution in [0.3, 0.4) is 0 Å². The number of methoxy groups -OCH3 is 1. The van der Waals surface area contributed by atoms with E-state index in [1.165, 1.54) is 9.21 Å². The van der Waals surface area contributed by atoms with Gasteiger partial charge in [-0.3, -0.25) is 0 Å². The second kappa shape index (κ2) is 21.8. The molecule has 0 aromatic heterocycles. The first kappa shape index (κ1) is 22.8. The van der Waals surface area contributed by atoms with Crippen LogP contribution in [0.2, 0.25) is 0 Å². The number of halogens is 1. The summed E-state index contributed by atoms with van der Waals surface area (Å²) in [5, 5.41) is 0. The Kier molecular flexibility index (Phi) is 22.6. The summed E-state index contributed by atoms with van der Waals surface area (Å²) in [6.45, 7) is 6.91. The SMILES string of the molecule is COCCOCCOCCOCCOCCOCCOSI. The summed E-state index contributed by atoms with van der Waals surface area (Å²) in [7, 11) is 2.96. The Morgan fingerprint density at radius 2 is 0.864 bits per heavy atom. The van der Waals surface area contributed by atoms with Crippen LogP contribution in [0.15, 0.2) is 0 Å². The third-order valence-electron chi connectivity index (χ3n) is 2.28. The van der Waals surface area contributed by atoms with Gasteiger partial charge in [0.05, 0.1) is 88.5 Å². The average molecular weight is 454 g/mol. The summed E-state index contributed by atoms with van der Waals surface area (Å²) in [6.07, 6.45) is 0. The number of rotatable bonds is 19. The molecule has 134 valence electrons. The lowest BCUT2D eigenvalue weighted by Gasteiger charge is -2.07. The van der Waals surface area contributed by atoms with E-state index < -0.39 is 0 Å². The first-order valence-electron chi connectivity index (χ1n) is 7.19. The van der Waals surface area contributed by atoms with Gasteiger partial charge in [-0.1, -0.05) is 0 Å². The zero-order valence-corrected chi connectivity index (χ0v) is 16.1. The highest BCUT2D eigenvalue weighted by atomic mass is 127. The molecule has 0 aliphatic carbocycles. The maximum absolute atomic E-state index is 5.36. The van der Waals surface area contributed by atoms with E-state index >= 15 is 0 Å². The fourth-order valence-electron chi connectivity index (χ4n) is 1.25. The molecule has 0 aliphatic rings. The van der Waals surface area contributed by atoms with Gasteiger partial charge in [-0.15, -0.1) is 0 Å². The third kappa shape index (κ3) is 20.8. The molecular formula is C13H27IO7S. The second-order valence-corrected chi connectivity index (χ2v) is 5.38. The lowest BCUT2D eigenvalue weighted by molar-refractivity contribution is -0.0156. The minimum Gasteiger partial charge on any atom is -0.382 e. The molecule has 0 unspecified atom stereocenters. The minimum absolute atomic E-state index is 0.558. The Hall–Kier alpha value is 0.800. The van der Waals surface area contributed by atoms with Crippen molar-refractivity contribution in [2.75, 3.05) is 86.4 Å². The van der Waals surface area contributed by atoms with E-state index in [9.17, 15) is 0 Å². The zero-order chi connectivity index (χ0) is 16.1. The summed E-state index contributed by atoms with van der Waals surface area (Å²) in [5.74, 6) is 0. The van der Waals surface area contributed by atoms with Crippen LogP contribution in [-0.4, -0.2) is 86.4 Å². The quantitative estimate of drug-likeness (QED) is 0.166. The van der Waals surface area contributed by atoms with Gasteiger partial charge in [0.1, 0.15) is 0 Å². The predicted octanol–water partition coefficient (Wildman–Crippen LogP) is 1.73. The topological polar surface area (TPSA) is 64.6 Å². The smallest absolute Gasteiger partial charge is 0.0857 e. The average Bonchev–Trinajstić information content (AvgIpc) is 2.54. The van der Waals surface area contributed by atoms with Crippen molar-refractivity contribution in [1.29, 1.82) is 0 Å². The molecule has 0 saturated carbocycles. The van der Waals surface area contributed by atoms with Crippen molar-refractivity contribution < 1.29 is 32.6 Å². The molecule has 0 N–H and O–H groups in total. The van der Waals surface area contributed by atoms with Gasteiger partial charge in [-0.2, -0.15) is 0 Å². The van der Waals surface area contributed by atoms with Crippen molar-refractivity contribution in [2.45, 2.75) is 0 Å². The number of hydrogen-bond donors (Lipinski definition) is 0. The molecule has 0 aliphatic heterocycles. The molecule has 0 rings (SSSR count). The molecule has 22 heavy (non-hydrogen) atoms. The first-order valence-corrected chi connectivity index (χ1v) is 10.5.